The molecule has 4 rings (SSSR count). The Kier molecular flexibility index (Phi) is 14.2. The Balaban J connectivity index is 1.10. The molecule has 2 fully saturated rings. The first-order valence-electron chi connectivity index (χ1n) is 15.6. The minimum absolute atomic E-state index is 0.196. The zero-order valence-electron chi connectivity index (χ0n) is 26.1. The second-order valence-corrected chi connectivity index (χ2v) is 11.5. The number of benzene rings is 2. The molecule has 0 bridgehead atoms. The zero-order valence-corrected chi connectivity index (χ0v) is 26.1. The molecular weight excluding hydrogens is 636 g/mol. The summed E-state index contributed by atoms with van der Waals surface area (Å²) < 4.78 is 22.1. The van der Waals surface area contributed by atoms with Crippen LogP contribution in [0.5, 0.6) is 0 Å². The van der Waals surface area contributed by atoms with Crippen LogP contribution in [0.15, 0.2) is 48.5 Å². The lowest BCUT2D eigenvalue weighted by Gasteiger charge is -2.40. The van der Waals surface area contributed by atoms with E-state index in [0.717, 1.165) is 0 Å². The fourth-order valence-corrected chi connectivity index (χ4v) is 5.47. The largest absolute Gasteiger partial charge is 0.394 e. The van der Waals surface area contributed by atoms with Crippen LogP contribution in [0.2, 0.25) is 0 Å². The van der Waals surface area contributed by atoms with Crippen molar-refractivity contribution in [2.75, 3.05) is 52.7 Å². The van der Waals surface area contributed by atoms with Gasteiger partial charge >= 0.3 is 0 Å². The van der Waals surface area contributed by atoms with Crippen LogP contribution in [-0.2, 0) is 18.9 Å². The Hall–Kier alpha value is -3.10. The average Bonchev–Trinajstić information content (AvgIpc) is 3.10. The van der Waals surface area contributed by atoms with E-state index in [2.05, 4.69) is 10.6 Å². The predicted octanol–water partition coefficient (Wildman–Crippen LogP) is -3.09. The SMILES string of the molecule is O=C(NCCOCCOCCNC(=O)c1cccc([C@H]2O[C@H](CO)[C@@H](O)[C@H](O)[C@@H]2O)c1)c1cccc([C@H]2O[C@H](CO)[C@@H](O)[C@H](O)[C@@H]2O)c1. The van der Waals surface area contributed by atoms with E-state index >= 15 is 0 Å². The summed E-state index contributed by atoms with van der Waals surface area (Å²) in [4.78, 5) is 25.2. The minimum Gasteiger partial charge on any atom is -0.394 e. The first-order chi connectivity index (χ1) is 23.1. The van der Waals surface area contributed by atoms with Gasteiger partial charge in [0.25, 0.3) is 11.8 Å². The van der Waals surface area contributed by atoms with Crippen LogP contribution in [0.3, 0.4) is 0 Å². The van der Waals surface area contributed by atoms with Crippen molar-refractivity contribution in [3.8, 4) is 0 Å². The van der Waals surface area contributed by atoms with E-state index in [1.807, 2.05) is 0 Å². The maximum absolute atomic E-state index is 12.6. The smallest absolute Gasteiger partial charge is 0.251 e. The number of hydrogen-bond donors (Lipinski definition) is 10. The fraction of sp³-hybridized carbons (Fsp3) is 0.562. The lowest BCUT2D eigenvalue weighted by molar-refractivity contribution is -0.231. The molecule has 0 saturated carbocycles. The molecule has 0 aromatic heterocycles. The van der Waals surface area contributed by atoms with E-state index in [4.69, 9.17) is 18.9 Å². The van der Waals surface area contributed by atoms with E-state index in [1.165, 1.54) is 12.1 Å². The molecule has 2 aromatic rings. The van der Waals surface area contributed by atoms with Gasteiger partial charge in [0.05, 0.1) is 39.6 Å². The van der Waals surface area contributed by atoms with Crippen LogP contribution in [0.1, 0.15) is 44.1 Å². The van der Waals surface area contributed by atoms with Crippen molar-refractivity contribution in [2.24, 2.45) is 0 Å². The lowest BCUT2D eigenvalue weighted by atomic mass is 9.90. The van der Waals surface area contributed by atoms with Crippen LogP contribution >= 0.6 is 0 Å². The van der Waals surface area contributed by atoms with Gasteiger partial charge < -0.3 is 70.4 Å². The number of aliphatic hydroxyl groups excluding tert-OH is 8. The van der Waals surface area contributed by atoms with Crippen molar-refractivity contribution >= 4 is 11.8 Å². The van der Waals surface area contributed by atoms with Gasteiger partial charge in [-0.1, -0.05) is 24.3 Å². The highest BCUT2D eigenvalue weighted by atomic mass is 16.6. The van der Waals surface area contributed by atoms with Gasteiger partial charge in [-0.15, -0.1) is 0 Å². The summed E-state index contributed by atoms with van der Waals surface area (Å²) in [5, 5.41) is 85.1. The van der Waals surface area contributed by atoms with E-state index < -0.39 is 86.1 Å². The number of amides is 2. The number of ether oxygens (including phenoxy) is 4. The summed E-state index contributed by atoms with van der Waals surface area (Å²) in [6, 6.07) is 12.5. The first-order valence-corrected chi connectivity index (χ1v) is 15.6. The van der Waals surface area contributed by atoms with Crippen LogP contribution < -0.4 is 10.6 Å². The number of hydrogen-bond acceptors (Lipinski definition) is 14. The second kappa shape index (κ2) is 18.1. The highest BCUT2D eigenvalue weighted by Gasteiger charge is 2.45. The Morgan fingerprint density at radius 2 is 0.979 bits per heavy atom. The van der Waals surface area contributed by atoms with Crippen LogP contribution in [-0.4, -0.2) is 154 Å². The number of carbonyl (C=O) groups excluding carboxylic acids is 2. The highest BCUT2D eigenvalue weighted by Crippen LogP contribution is 2.34. The maximum Gasteiger partial charge on any atom is 0.251 e. The van der Waals surface area contributed by atoms with E-state index in [-0.39, 0.29) is 50.6 Å². The molecule has 48 heavy (non-hydrogen) atoms. The summed E-state index contributed by atoms with van der Waals surface area (Å²) in [5.74, 6) is -0.813. The minimum atomic E-state index is -1.53. The highest BCUT2D eigenvalue weighted by molar-refractivity contribution is 5.94. The van der Waals surface area contributed by atoms with Gasteiger partial charge in [0.1, 0.15) is 61.0 Å². The van der Waals surface area contributed by atoms with Crippen molar-refractivity contribution < 1.29 is 69.4 Å². The Bertz CT molecular complexity index is 1230. The molecule has 2 aliphatic rings. The second-order valence-electron chi connectivity index (χ2n) is 11.5. The number of aliphatic hydroxyl groups is 8. The zero-order chi connectivity index (χ0) is 34.8. The number of rotatable bonds is 15. The molecule has 0 spiro atoms. The molecule has 0 unspecified atom stereocenters. The number of nitrogens with one attached hydrogen (secondary N) is 2. The van der Waals surface area contributed by atoms with E-state index in [0.29, 0.717) is 11.1 Å². The molecule has 10 N–H and O–H groups in total. The standard InChI is InChI=1S/C32H44N2O14/c35-15-21-23(37)25(39)27(41)29(47-21)17-3-1-5-19(13-17)31(43)33-7-9-45-11-12-46-10-8-34-32(44)20-6-2-4-18(14-20)30-28(42)26(40)24(38)22(16-36)48-30/h1-6,13-14,21-30,35-42H,7-12,15-16H2,(H,33,43)(H,34,44)/t21-,22-,23-,24-,25+,26+,27+,28+,29-,30-/m1/s1. The third-order valence-corrected chi connectivity index (χ3v) is 8.18. The Morgan fingerprint density at radius 3 is 1.35 bits per heavy atom. The normalized spacial score (nSPS) is 30.5. The molecule has 2 saturated heterocycles. The fourth-order valence-electron chi connectivity index (χ4n) is 5.47. The van der Waals surface area contributed by atoms with Crippen LogP contribution in [0, 0.1) is 0 Å². The number of carbonyl (C=O) groups is 2. The maximum atomic E-state index is 12.6. The van der Waals surface area contributed by atoms with Crippen molar-refractivity contribution in [3.63, 3.8) is 0 Å². The van der Waals surface area contributed by atoms with Gasteiger partial charge in [0.15, 0.2) is 0 Å². The van der Waals surface area contributed by atoms with Crippen molar-refractivity contribution in [2.45, 2.75) is 61.0 Å². The molecule has 2 aromatic carbocycles. The van der Waals surface area contributed by atoms with Gasteiger partial charge in [-0.05, 0) is 35.4 Å². The van der Waals surface area contributed by atoms with Gasteiger partial charge in [-0.3, -0.25) is 9.59 Å². The summed E-state index contributed by atoms with van der Waals surface area (Å²) in [5.41, 5.74) is 1.34. The van der Waals surface area contributed by atoms with Crippen LogP contribution in [0.25, 0.3) is 0 Å². The molecule has 2 heterocycles. The summed E-state index contributed by atoms with van der Waals surface area (Å²) in [6.45, 7) is 0.138. The molecular formula is C32H44N2O14. The summed E-state index contributed by atoms with van der Waals surface area (Å²) in [6.07, 6.45) is -13.2. The molecule has 0 radical (unpaired) electrons. The Labute approximate surface area is 276 Å². The average molecular weight is 681 g/mol. The molecule has 2 amide bonds. The molecule has 16 heteroatoms. The molecule has 266 valence electrons. The van der Waals surface area contributed by atoms with Gasteiger partial charge in [0.2, 0.25) is 0 Å². The first kappa shape index (κ1) is 37.7. The Morgan fingerprint density at radius 1 is 0.583 bits per heavy atom. The van der Waals surface area contributed by atoms with Crippen molar-refractivity contribution in [1.29, 1.82) is 0 Å². The predicted molar refractivity (Wildman–Crippen MR) is 165 cm³/mol. The van der Waals surface area contributed by atoms with Gasteiger partial charge in [0, 0.05) is 24.2 Å². The van der Waals surface area contributed by atoms with Gasteiger partial charge in [-0.2, -0.15) is 0 Å². The van der Waals surface area contributed by atoms with Crippen molar-refractivity contribution in [3.05, 3.63) is 70.8 Å². The molecule has 16 nitrogen and oxygen atoms in total. The third kappa shape index (κ3) is 9.32. The third-order valence-electron chi connectivity index (χ3n) is 8.18. The molecule has 2 aliphatic heterocycles. The lowest BCUT2D eigenvalue weighted by Crippen LogP contribution is -2.55. The quantitative estimate of drug-likeness (QED) is 0.0837. The molecule has 10 atom stereocenters. The van der Waals surface area contributed by atoms with Crippen molar-refractivity contribution in [1.82, 2.24) is 10.6 Å². The van der Waals surface area contributed by atoms with Crippen LogP contribution in [0.4, 0.5) is 0 Å². The van der Waals surface area contributed by atoms with E-state index in [9.17, 15) is 50.4 Å². The topological polar surface area (TPSA) is 257 Å². The summed E-state index contributed by atoms with van der Waals surface area (Å²) in [7, 11) is 0. The van der Waals surface area contributed by atoms with E-state index in [1.54, 1.807) is 36.4 Å². The monoisotopic (exact) mass is 680 g/mol. The van der Waals surface area contributed by atoms with Gasteiger partial charge in [-0.25, -0.2) is 0 Å². The molecule has 0 aliphatic carbocycles. The summed E-state index contributed by atoms with van der Waals surface area (Å²) >= 11 is 0.